The topological polar surface area (TPSA) is 25.8 Å². The van der Waals surface area contributed by atoms with E-state index >= 15 is 0 Å². The summed E-state index contributed by atoms with van der Waals surface area (Å²) in [6, 6.07) is 49.8. The molecule has 0 radical (unpaired) electrons. The van der Waals surface area contributed by atoms with Crippen LogP contribution in [0.25, 0.3) is 11.1 Å². The summed E-state index contributed by atoms with van der Waals surface area (Å²) in [4.78, 5) is 9.69. The Morgan fingerprint density at radius 1 is 0.421 bits per heavy atom. The van der Waals surface area contributed by atoms with Gasteiger partial charge in [0.15, 0.2) is 0 Å². The number of aromatic nitrogens is 2. The standard InChI is InChI=1S/C34H26N2P2/c1-5-15-28(16-6-1)37(29-17-7-2-8-18-29)32-23-25-36-34(33(32)27-14-13-24-35-26-27)38(30-19-9-3-10-20-30)31-21-11-4-12-22-31/h1-26H. The summed E-state index contributed by atoms with van der Waals surface area (Å²) in [6.45, 7) is 0. The molecule has 38 heavy (non-hydrogen) atoms. The second-order valence-electron chi connectivity index (χ2n) is 8.78. The van der Waals surface area contributed by atoms with Crippen molar-refractivity contribution in [3.8, 4) is 11.1 Å². The summed E-state index contributed by atoms with van der Waals surface area (Å²) in [5, 5.41) is 6.51. The van der Waals surface area contributed by atoms with Crippen LogP contribution in [-0.4, -0.2) is 9.97 Å². The molecule has 0 bridgehead atoms. The van der Waals surface area contributed by atoms with Gasteiger partial charge in [0, 0.05) is 37.6 Å². The van der Waals surface area contributed by atoms with E-state index in [1.54, 1.807) is 0 Å². The molecule has 0 saturated carbocycles. The number of hydrogen-bond acceptors (Lipinski definition) is 2. The first-order valence-electron chi connectivity index (χ1n) is 12.6. The van der Waals surface area contributed by atoms with Gasteiger partial charge in [0.05, 0.1) is 5.44 Å². The van der Waals surface area contributed by atoms with Gasteiger partial charge in [-0.15, -0.1) is 0 Å². The van der Waals surface area contributed by atoms with E-state index in [1.165, 1.54) is 32.1 Å². The smallest absolute Gasteiger partial charge is 0.0805 e. The molecule has 0 aliphatic carbocycles. The van der Waals surface area contributed by atoms with Gasteiger partial charge >= 0.3 is 0 Å². The molecule has 6 rings (SSSR count). The van der Waals surface area contributed by atoms with Crippen molar-refractivity contribution < 1.29 is 0 Å². The van der Waals surface area contributed by atoms with Gasteiger partial charge < -0.3 is 0 Å². The fraction of sp³-hybridized carbons (Fsp3) is 0. The van der Waals surface area contributed by atoms with E-state index in [9.17, 15) is 0 Å². The van der Waals surface area contributed by atoms with Gasteiger partial charge in [-0.25, -0.2) is 0 Å². The summed E-state index contributed by atoms with van der Waals surface area (Å²) in [5.41, 5.74) is 3.41. The maximum Gasteiger partial charge on any atom is 0.0805 e. The zero-order valence-corrected chi connectivity index (χ0v) is 22.6. The molecule has 182 valence electrons. The molecule has 0 N–H and O–H groups in total. The van der Waals surface area contributed by atoms with Crippen LogP contribution in [0.15, 0.2) is 158 Å². The van der Waals surface area contributed by atoms with Gasteiger partial charge in [0.25, 0.3) is 0 Å². The second kappa shape index (κ2) is 11.6. The summed E-state index contributed by atoms with van der Waals surface area (Å²) in [5.74, 6) is 0. The van der Waals surface area contributed by atoms with Crippen LogP contribution < -0.4 is 32.0 Å². The fourth-order valence-corrected chi connectivity index (χ4v) is 9.65. The maximum absolute atomic E-state index is 5.15. The predicted octanol–water partition coefficient (Wildman–Crippen LogP) is 5.66. The molecule has 2 heterocycles. The Balaban J connectivity index is 1.67. The largest absolute Gasteiger partial charge is 0.264 e. The average Bonchev–Trinajstić information content (AvgIpc) is 3.00. The quantitative estimate of drug-likeness (QED) is 0.252. The molecule has 0 atom stereocenters. The minimum atomic E-state index is -0.898. The molecule has 2 nitrogen and oxygen atoms in total. The van der Waals surface area contributed by atoms with Gasteiger partial charge in [0.2, 0.25) is 0 Å². The van der Waals surface area contributed by atoms with Crippen LogP contribution in [0, 0.1) is 0 Å². The average molecular weight is 525 g/mol. The van der Waals surface area contributed by atoms with Crippen LogP contribution in [0.4, 0.5) is 0 Å². The first-order valence-corrected chi connectivity index (χ1v) is 15.3. The van der Waals surface area contributed by atoms with Crippen LogP contribution in [-0.2, 0) is 0 Å². The lowest BCUT2D eigenvalue weighted by Gasteiger charge is -2.27. The Hall–Kier alpha value is -3.96. The lowest BCUT2D eigenvalue weighted by Crippen LogP contribution is -2.31. The zero-order valence-electron chi connectivity index (χ0n) is 20.8. The molecule has 4 aromatic carbocycles. The molecule has 6 aromatic rings. The Morgan fingerprint density at radius 3 is 1.34 bits per heavy atom. The number of pyridine rings is 2. The normalized spacial score (nSPS) is 11.1. The molecule has 0 unspecified atom stereocenters. The summed E-state index contributed by atoms with van der Waals surface area (Å²) < 4.78 is 0. The van der Waals surface area contributed by atoms with E-state index in [4.69, 9.17) is 4.98 Å². The molecule has 0 spiro atoms. The molecule has 2 aromatic heterocycles. The lowest BCUT2D eigenvalue weighted by molar-refractivity contribution is 1.32. The van der Waals surface area contributed by atoms with Crippen LogP contribution in [0.1, 0.15) is 0 Å². The number of benzene rings is 4. The molecular formula is C34H26N2P2. The first kappa shape index (κ1) is 24.4. The number of hydrogen-bond donors (Lipinski definition) is 0. The van der Waals surface area contributed by atoms with E-state index in [0.717, 1.165) is 11.0 Å². The summed E-state index contributed by atoms with van der Waals surface area (Å²) in [6.07, 6.45) is 5.83. The molecule has 0 fully saturated rings. The van der Waals surface area contributed by atoms with Crippen molar-refractivity contribution in [3.05, 3.63) is 158 Å². The van der Waals surface area contributed by atoms with Crippen LogP contribution >= 0.6 is 15.8 Å². The van der Waals surface area contributed by atoms with Crippen molar-refractivity contribution in [3.63, 3.8) is 0 Å². The monoisotopic (exact) mass is 524 g/mol. The van der Waals surface area contributed by atoms with Crippen molar-refractivity contribution >= 4 is 47.8 Å². The van der Waals surface area contributed by atoms with E-state index in [1.807, 2.05) is 24.7 Å². The molecule has 0 amide bonds. The number of rotatable bonds is 7. The third-order valence-electron chi connectivity index (χ3n) is 6.37. The lowest BCUT2D eigenvalue weighted by atomic mass is 10.1. The van der Waals surface area contributed by atoms with Crippen molar-refractivity contribution in [2.24, 2.45) is 0 Å². The van der Waals surface area contributed by atoms with Crippen molar-refractivity contribution in [2.45, 2.75) is 0 Å². The first-order chi connectivity index (χ1) is 18.9. The Bertz CT molecular complexity index is 1410. The van der Waals surface area contributed by atoms with Crippen molar-refractivity contribution in [1.29, 1.82) is 0 Å². The van der Waals surface area contributed by atoms with Crippen molar-refractivity contribution in [2.75, 3.05) is 0 Å². The molecule has 4 heteroatoms. The van der Waals surface area contributed by atoms with E-state index in [-0.39, 0.29) is 0 Å². The highest BCUT2D eigenvalue weighted by atomic mass is 31.1. The highest BCUT2D eigenvalue weighted by Crippen LogP contribution is 2.41. The van der Waals surface area contributed by atoms with Gasteiger partial charge in [-0.1, -0.05) is 127 Å². The van der Waals surface area contributed by atoms with Crippen molar-refractivity contribution in [1.82, 2.24) is 9.97 Å². The summed E-state index contributed by atoms with van der Waals surface area (Å²) in [7, 11) is -1.72. The van der Waals surface area contributed by atoms with Gasteiger partial charge in [-0.3, -0.25) is 9.97 Å². The van der Waals surface area contributed by atoms with Crippen LogP contribution in [0.2, 0.25) is 0 Å². The fourth-order valence-electron chi connectivity index (χ4n) is 4.71. The van der Waals surface area contributed by atoms with Gasteiger partial charge in [-0.05, 0) is 46.6 Å². The summed E-state index contributed by atoms with van der Waals surface area (Å²) >= 11 is 0. The van der Waals surface area contributed by atoms with E-state index in [0.29, 0.717) is 0 Å². The molecular weight excluding hydrogens is 498 g/mol. The van der Waals surface area contributed by atoms with Crippen LogP contribution in [0.3, 0.4) is 0 Å². The minimum absolute atomic E-state index is 0.827. The highest BCUT2D eigenvalue weighted by Gasteiger charge is 2.28. The Labute approximate surface area is 226 Å². The SMILES string of the molecule is c1ccc(P(c2ccccc2)c2ccnc(P(c3ccccc3)c3ccccc3)c2-c2cccnc2)cc1. The maximum atomic E-state index is 5.15. The van der Waals surface area contributed by atoms with Gasteiger partial charge in [-0.2, -0.15) is 0 Å². The Kier molecular flexibility index (Phi) is 7.45. The second-order valence-corrected chi connectivity index (χ2v) is 13.1. The van der Waals surface area contributed by atoms with E-state index in [2.05, 4.69) is 138 Å². The predicted molar refractivity (Wildman–Crippen MR) is 165 cm³/mol. The molecule has 0 saturated heterocycles. The Morgan fingerprint density at radius 2 is 0.895 bits per heavy atom. The molecule has 0 aliphatic rings. The van der Waals surface area contributed by atoms with Crippen LogP contribution in [0.5, 0.6) is 0 Å². The highest BCUT2D eigenvalue weighted by molar-refractivity contribution is 7.81. The minimum Gasteiger partial charge on any atom is -0.264 e. The molecule has 0 aliphatic heterocycles. The number of nitrogens with zero attached hydrogens (tertiary/aromatic N) is 2. The van der Waals surface area contributed by atoms with E-state index < -0.39 is 15.8 Å². The zero-order chi connectivity index (χ0) is 25.6. The third kappa shape index (κ3) is 5.07. The van der Waals surface area contributed by atoms with Gasteiger partial charge in [0.1, 0.15) is 0 Å². The third-order valence-corrected chi connectivity index (χ3v) is 11.2.